The second-order valence-corrected chi connectivity index (χ2v) is 5.49. The molecule has 0 heterocycles. The van der Waals surface area contributed by atoms with Gasteiger partial charge in [0.2, 0.25) is 0 Å². The van der Waals surface area contributed by atoms with Crippen LogP contribution in [0.5, 0.6) is 0 Å². The molecule has 0 fully saturated rings. The van der Waals surface area contributed by atoms with E-state index in [1.54, 1.807) is 26.8 Å². The maximum atomic E-state index is 11.6. The number of hydrogen-bond acceptors (Lipinski definition) is 3. The standard InChI is InChI=1S/C13H19ClN2O2/c1-13(2,3)18-12(17)16(15)8-7-10-5-4-6-11(14)9-10/h4-6,9H,7-8,15H2,1-3H3. The number of amides is 1. The van der Waals surface area contributed by atoms with Crippen molar-refractivity contribution in [3.05, 3.63) is 34.9 Å². The molecule has 1 rings (SSSR count). The highest BCUT2D eigenvalue weighted by Crippen LogP contribution is 2.12. The summed E-state index contributed by atoms with van der Waals surface area (Å²) in [4.78, 5) is 11.6. The largest absolute Gasteiger partial charge is 0.443 e. The summed E-state index contributed by atoms with van der Waals surface area (Å²) < 4.78 is 5.15. The molecular weight excluding hydrogens is 252 g/mol. The van der Waals surface area contributed by atoms with Crippen LogP contribution in [0.25, 0.3) is 0 Å². The summed E-state index contributed by atoms with van der Waals surface area (Å²) in [5.74, 6) is 5.64. The molecule has 100 valence electrons. The first-order valence-corrected chi connectivity index (χ1v) is 6.15. The molecule has 1 amide bonds. The van der Waals surface area contributed by atoms with E-state index >= 15 is 0 Å². The average Bonchev–Trinajstić information content (AvgIpc) is 2.23. The molecule has 1 aromatic rings. The zero-order chi connectivity index (χ0) is 13.8. The van der Waals surface area contributed by atoms with Gasteiger partial charge in [0.05, 0.1) is 0 Å². The second kappa shape index (κ2) is 6.07. The van der Waals surface area contributed by atoms with Crippen LogP contribution in [0.15, 0.2) is 24.3 Å². The van der Waals surface area contributed by atoms with Gasteiger partial charge in [-0.15, -0.1) is 0 Å². The van der Waals surface area contributed by atoms with E-state index in [1.165, 1.54) is 0 Å². The number of rotatable bonds is 3. The molecule has 0 radical (unpaired) electrons. The third-order valence-corrected chi connectivity index (χ3v) is 2.39. The molecule has 0 saturated carbocycles. The van der Waals surface area contributed by atoms with Gasteiger partial charge in [-0.25, -0.2) is 15.6 Å². The molecule has 0 saturated heterocycles. The second-order valence-electron chi connectivity index (χ2n) is 5.05. The summed E-state index contributed by atoms with van der Waals surface area (Å²) in [5, 5.41) is 1.75. The van der Waals surface area contributed by atoms with Crippen LogP contribution in [0.3, 0.4) is 0 Å². The fourth-order valence-corrected chi connectivity index (χ4v) is 1.57. The smallest absolute Gasteiger partial charge is 0.424 e. The monoisotopic (exact) mass is 270 g/mol. The molecule has 0 spiro atoms. The van der Waals surface area contributed by atoms with Crippen molar-refractivity contribution >= 4 is 17.7 Å². The Hall–Kier alpha value is -1.26. The van der Waals surface area contributed by atoms with Crippen molar-refractivity contribution in [2.75, 3.05) is 6.54 Å². The van der Waals surface area contributed by atoms with E-state index in [1.807, 2.05) is 18.2 Å². The molecule has 5 heteroatoms. The predicted molar refractivity (Wildman–Crippen MR) is 72.3 cm³/mol. The highest BCUT2D eigenvalue weighted by Gasteiger charge is 2.19. The van der Waals surface area contributed by atoms with Crippen LogP contribution in [-0.2, 0) is 11.2 Å². The van der Waals surface area contributed by atoms with Crippen molar-refractivity contribution in [2.24, 2.45) is 5.84 Å². The topological polar surface area (TPSA) is 55.6 Å². The van der Waals surface area contributed by atoms with Crippen molar-refractivity contribution in [2.45, 2.75) is 32.8 Å². The van der Waals surface area contributed by atoms with Crippen LogP contribution < -0.4 is 5.84 Å². The fraction of sp³-hybridized carbons (Fsp3) is 0.462. The number of carbonyl (C=O) groups excluding carboxylic acids is 1. The van der Waals surface area contributed by atoms with Crippen molar-refractivity contribution in [3.63, 3.8) is 0 Å². The van der Waals surface area contributed by atoms with Crippen LogP contribution in [0.2, 0.25) is 5.02 Å². The quantitative estimate of drug-likeness (QED) is 0.522. The van der Waals surface area contributed by atoms with Gasteiger partial charge >= 0.3 is 6.09 Å². The highest BCUT2D eigenvalue weighted by atomic mass is 35.5. The van der Waals surface area contributed by atoms with E-state index in [2.05, 4.69) is 0 Å². The molecule has 0 aliphatic rings. The summed E-state index contributed by atoms with van der Waals surface area (Å²) in [6.45, 7) is 5.79. The molecule has 18 heavy (non-hydrogen) atoms. The Labute approximate surface area is 113 Å². The van der Waals surface area contributed by atoms with Crippen LogP contribution in [0.1, 0.15) is 26.3 Å². The maximum Gasteiger partial charge on any atom is 0.424 e. The van der Waals surface area contributed by atoms with Crippen LogP contribution in [0, 0.1) is 0 Å². The van der Waals surface area contributed by atoms with Gasteiger partial charge in [0, 0.05) is 11.6 Å². The van der Waals surface area contributed by atoms with Crippen molar-refractivity contribution in [1.82, 2.24) is 5.01 Å². The fourth-order valence-electron chi connectivity index (χ4n) is 1.35. The third-order valence-electron chi connectivity index (χ3n) is 2.16. The maximum absolute atomic E-state index is 11.6. The predicted octanol–water partition coefficient (Wildman–Crippen LogP) is 2.99. The lowest BCUT2D eigenvalue weighted by Crippen LogP contribution is -2.42. The van der Waals surface area contributed by atoms with Crippen LogP contribution in [-0.4, -0.2) is 23.2 Å². The van der Waals surface area contributed by atoms with E-state index < -0.39 is 11.7 Å². The van der Waals surface area contributed by atoms with Gasteiger partial charge in [-0.05, 0) is 44.9 Å². The zero-order valence-electron chi connectivity index (χ0n) is 10.9. The first-order chi connectivity index (χ1) is 8.28. The normalized spacial score (nSPS) is 11.2. The minimum Gasteiger partial charge on any atom is -0.443 e. The number of hydrogen-bond donors (Lipinski definition) is 1. The zero-order valence-corrected chi connectivity index (χ0v) is 11.7. The Bertz CT molecular complexity index is 416. The Morgan fingerprint density at radius 2 is 2.11 bits per heavy atom. The number of ether oxygens (including phenoxy) is 1. The first kappa shape index (κ1) is 14.8. The average molecular weight is 271 g/mol. The van der Waals surface area contributed by atoms with Gasteiger partial charge in [-0.1, -0.05) is 23.7 Å². The Morgan fingerprint density at radius 3 is 2.67 bits per heavy atom. The van der Waals surface area contributed by atoms with Crippen LogP contribution >= 0.6 is 11.6 Å². The number of benzene rings is 1. The van der Waals surface area contributed by atoms with Gasteiger partial charge in [0.15, 0.2) is 0 Å². The summed E-state index contributed by atoms with van der Waals surface area (Å²) in [6.07, 6.45) is 0.112. The van der Waals surface area contributed by atoms with E-state index in [0.717, 1.165) is 10.6 Å². The Morgan fingerprint density at radius 1 is 1.44 bits per heavy atom. The van der Waals surface area contributed by atoms with E-state index in [9.17, 15) is 4.79 Å². The minimum absolute atomic E-state index is 0.384. The number of halogens is 1. The summed E-state index contributed by atoms with van der Waals surface area (Å²) in [6, 6.07) is 7.46. The van der Waals surface area contributed by atoms with E-state index in [4.69, 9.17) is 22.2 Å². The lowest BCUT2D eigenvalue weighted by molar-refractivity contribution is 0.0250. The van der Waals surface area contributed by atoms with Crippen molar-refractivity contribution < 1.29 is 9.53 Å². The number of nitrogens with zero attached hydrogens (tertiary/aromatic N) is 1. The van der Waals surface area contributed by atoms with E-state index in [0.29, 0.717) is 18.0 Å². The SMILES string of the molecule is CC(C)(C)OC(=O)N(N)CCc1cccc(Cl)c1. The van der Waals surface area contributed by atoms with Crippen molar-refractivity contribution in [1.29, 1.82) is 0 Å². The van der Waals surface area contributed by atoms with Gasteiger partial charge in [0.25, 0.3) is 0 Å². The summed E-state index contributed by atoms with van der Waals surface area (Å²) in [5.41, 5.74) is 0.492. The van der Waals surface area contributed by atoms with Gasteiger partial charge < -0.3 is 4.74 Å². The molecular formula is C13H19ClN2O2. The molecule has 2 N–H and O–H groups in total. The summed E-state index contributed by atoms with van der Waals surface area (Å²) in [7, 11) is 0. The Kier molecular flexibility index (Phi) is 4.99. The van der Waals surface area contributed by atoms with Crippen LogP contribution in [0.4, 0.5) is 4.79 Å². The lowest BCUT2D eigenvalue weighted by Gasteiger charge is -2.24. The van der Waals surface area contributed by atoms with E-state index in [-0.39, 0.29) is 0 Å². The molecule has 0 unspecified atom stereocenters. The highest BCUT2D eigenvalue weighted by molar-refractivity contribution is 6.30. The molecule has 0 aliphatic heterocycles. The molecule has 0 atom stereocenters. The van der Waals surface area contributed by atoms with Gasteiger partial charge in [-0.2, -0.15) is 0 Å². The Balaban J connectivity index is 2.46. The number of nitrogens with two attached hydrogens (primary N) is 1. The molecule has 0 aliphatic carbocycles. The number of hydrazine groups is 1. The summed E-state index contributed by atoms with van der Waals surface area (Å²) >= 11 is 5.87. The lowest BCUT2D eigenvalue weighted by atomic mass is 10.1. The molecule has 0 bridgehead atoms. The van der Waals surface area contributed by atoms with Gasteiger partial charge in [-0.3, -0.25) is 0 Å². The van der Waals surface area contributed by atoms with Gasteiger partial charge in [0.1, 0.15) is 5.60 Å². The number of carbonyl (C=O) groups is 1. The molecule has 4 nitrogen and oxygen atoms in total. The molecule has 1 aromatic carbocycles. The molecule has 0 aromatic heterocycles. The first-order valence-electron chi connectivity index (χ1n) is 5.77. The van der Waals surface area contributed by atoms with Crippen molar-refractivity contribution in [3.8, 4) is 0 Å². The minimum atomic E-state index is -0.537. The third kappa shape index (κ3) is 5.38.